The molecule has 1 unspecified atom stereocenters. The lowest BCUT2D eigenvalue weighted by molar-refractivity contribution is -0.140. The van der Waals surface area contributed by atoms with Gasteiger partial charge >= 0.3 is 0 Å². The minimum atomic E-state index is -0.428. The van der Waals surface area contributed by atoms with Crippen molar-refractivity contribution >= 4 is 23.4 Å². The van der Waals surface area contributed by atoms with Gasteiger partial charge < -0.3 is 9.84 Å². The summed E-state index contributed by atoms with van der Waals surface area (Å²) in [6, 6.07) is 7.70. The first-order valence-corrected chi connectivity index (χ1v) is 7.15. The molecular formula is C13H17ClO2S. The lowest BCUT2D eigenvalue weighted by Crippen LogP contribution is -2.51. The number of hydrogen-bond acceptors (Lipinski definition) is 3. The van der Waals surface area contributed by atoms with E-state index in [2.05, 4.69) is 0 Å². The topological polar surface area (TPSA) is 29.5 Å². The fourth-order valence-electron chi connectivity index (χ4n) is 2.08. The summed E-state index contributed by atoms with van der Waals surface area (Å²) in [6.45, 7) is 0. The molecule has 1 aliphatic rings. The number of benzene rings is 1. The first-order valence-electron chi connectivity index (χ1n) is 5.78. The van der Waals surface area contributed by atoms with Crippen LogP contribution in [0.5, 0.6) is 0 Å². The number of halogens is 1. The van der Waals surface area contributed by atoms with Crippen LogP contribution in [0, 0.1) is 0 Å². The summed E-state index contributed by atoms with van der Waals surface area (Å²) in [4.78, 5) is 1.01. The zero-order valence-electron chi connectivity index (χ0n) is 9.86. The first-order chi connectivity index (χ1) is 8.18. The molecule has 2 nitrogen and oxygen atoms in total. The highest BCUT2D eigenvalue weighted by Crippen LogP contribution is 2.40. The zero-order valence-corrected chi connectivity index (χ0v) is 11.4. The Bertz CT molecular complexity index is 374. The van der Waals surface area contributed by atoms with Gasteiger partial charge in [-0.3, -0.25) is 0 Å². The normalized spacial score (nSPS) is 19.7. The van der Waals surface area contributed by atoms with Crippen LogP contribution >= 0.6 is 23.4 Å². The maximum atomic E-state index is 10.2. The van der Waals surface area contributed by atoms with Gasteiger partial charge in [0.05, 0.1) is 16.7 Å². The lowest BCUT2D eigenvalue weighted by Gasteiger charge is -2.44. The third-order valence-electron chi connectivity index (χ3n) is 3.45. The molecule has 1 aliphatic carbocycles. The van der Waals surface area contributed by atoms with Crippen LogP contribution in [-0.2, 0) is 4.74 Å². The second-order valence-corrected chi connectivity index (χ2v) is 5.85. The van der Waals surface area contributed by atoms with Gasteiger partial charge in [-0.2, -0.15) is 0 Å². The van der Waals surface area contributed by atoms with Crippen molar-refractivity contribution in [3.05, 3.63) is 29.3 Å². The molecule has 2 rings (SSSR count). The van der Waals surface area contributed by atoms with Gasteiger partial charge in [0.25, 0.3) is 0 Å². The third-order valence-corrected chi connectivity index (χ3v) is 5.04. The standard InChI is InChI=1S/C13H17ClO2S/c1-16-13(7-4-8-13)12(15)9-17-11-6-3-2-5-10(11)14/h2-3,5-6,12,15H,4,7-9H2,1H3. The average Bonchev–Trinajstić information content (AvgIpc) is 2.27. The van der Waals surface area contributed by atoms with E-state index in [0.717, 1.165) is 29.2 Å². The summed E-state index contributed by atoms with van der Waals surface area (Å²) in [5.41, 5.74) is -0.311. The molecule has 0 amide bonds. The maximum Gasteiger partial charge on any atom is 0.0944 e. The Morgan fingerprint density at radius 1 is 1.47 bits per heavy atom. The summed E-state index contributed by atoms with van der Waals surface area (Å²) in [5, 5.41) is 10.9. The van der Waals surface area contributed by atoms with Gasteiger partial charge in [-0.05, 0) is 31.4 Å². The highest BCUT2D eigenvalue weighted by molar-refractivity contribution is 7.99. The van der Waals surface area contributed by atoms with E-state index < -0.39 is 6.10 Å². The molecule has 1 atom stereocenters. The second-order valence-electron chi connectivity index (χ2n) is 4.38. The quantitative estimate of drug-likeness (QED) is 0.834. The molecule has 1 aromatic carbocycles. The van der Waals surface area contributed by atoms with Crippen LogP contribution in [0.4, 0.5) is 0 Å². The van der Waals surface area contributed by atoms with E-state index in [1.807, 2.05) is 24.3 Å². The van der Waals surface area contributed by atoms with Gasteiger partial charge in [0, 0.05) is 17.8 Å². The molecule has 0 aliphatic heterocycles. The molecule has 0 spiro atoms. The fraction of sp³-hybridized carbons (Fsp3) is 0.538. The van der Waals surface area contributed by atoms with Crippen molar-refractivity contribution in [3.8, 4) is 0 Å². The van der Waals surface area contributed by atoms with Gasteiger partial charge in [0.15, 0.2) is 0 Å². The van der Waals surface area contributed by atoms with Gasteiger partial charge in [-0.1, -0.05) is 23.7 Å². The molecule has 1 fully saturated rings. The van der Waals surface area contributed by atoms with Crippen LogP contribution in [0.2, 0.25) is 5.02 Å². The van der Waals surface area contributed by atoms with E-state index in [9.17, 15) is 5.11 Å². The summed E-state index contributed by atoms with van der Waals surface area (Å²) in [7, 11) is 1.68. The third kappa shape index (κ3) is 2.79. The van der Waals surface area contributed by atoms with Gasteiger partial charge in [-0.25, -0.2) is 0 Å². The summed E-state index contributed by atoms with van der Waals surface area (Å²) < 4.78 is 5.46. The number of ether oxygens (including phenoxy) is 1. The molecule has 1 aromatic rings. The van der Waals surface area contributed by atoms with Crippen molar-refractivity contribution in [1.82, 2.24) is 0 Å². The van der Waals surface area contributed by atoms with Gasteiger partial charge in [0.1, 0.15) is 0 Å². The molecule has 0 aromatic heterocycles. The van der Waals surface area contributed by atoms with E-state index in [1.54, 1.807) is 18.9 Å². The zero-order chi connectivity index (χ0) is 12.3. The largest absolute Gasteiger partial charge is 0.389 e. The maximum absolute atomic E-state index is 10.2. The first kappa shape index (κ1) is 13.2. The molecular weight excluding hydrogens is 256 g/mol. The van der Waals surface area contributed by atoms with Crippen molar-refractivity contribution in [1.29, 1.82) is 0 Å². The number of rotatable bonds is 5. The predicted molar refractivity (Wildman–Crippen MR) is 71.8 cm³/mol. The van der Waals surface area contributed by atoms with Crippen molar-refractivity contribution < 1.29 is 9.84 Å². The number of aliphatic hydroxyl groups excluding tert-OH is 1. The Morgan fingerprint density at radius 2 is 2.18 bits per heavy atom. The van der Waals surface area contributed by atoms with Gasteiger partial charge in [0.2, 0.25) is 0 Å². The predicted octanol–water partition coefficient (Wildman–Crippen LogP) is 3.36. The molecule has 17 heavy (non-hydrogen) atoms. The molecule has 1 saturated carbocycles. The van der Waals surface area contributed by atoms with Crippen LogP contribution in [0.3, 0.4) is 0 Å². The SMILES string of the molecule is COC1(C(O)CSc2ccccc2Cl)CCC1. The lowest BCUT2D eigenvalue weighted by atomic mass is 9.76. The molecule has 0 saturated heterocycles. The Balaban J connectivity index is 1.92. The van der Waals surface area contributed by atoms with Crippen molar-refractivity contribution in [2.45, 2.75) is 35.9 Å². The Hall–Kier alpha value is -0.220. The number of hydrogen-bond donors (Lipinski definition) is 1. The Morgan fingerprint density at radius 3 is 2.71 bits per heavy atom. The van der Waals surface area contributed by atoms with E-state index in [-0.39, 0.29) is 5.60 Å². The summed E-state index contributed by atoms with van der Waals surface area (Å²) in [5.74, 6) is 0.623. The highest BCUT2D eigenvalue weighted by atomic mass is 35.5. The van der Waals surface area contributed by atoms with Gasteiger partial charge in [-0.15, -0.1) is 11.8 Å². The molecule has 4 heteroatoms. The van der Waals surface area contributed by atoms with E-state index in [4.69, 9.17) is 16.3 Å². The van der Waals surface area contributed by atoms with Crippen LogP contribution < -0.4 is 0 Å². The number of aliphatic hydroxyl groups is 1. The van der Waals surface area contributed by atoms with Crippen LogP contribution in [0.1, 0.15) is 19.3 Å². The fourth-order valence-corrected chi connectivity index (χ4v) is 3.40. The van der Waals surface area contributed by atoms with Crippen LogP contribution in [-0.4, -0.2) is 29.7 Å². The van der Waals surface area contributed by atoms with Crippen molar-refractivity contribution in [2.24, 2.45) is 0 Å². The second kappa shape index (κ2) is 5.61. The monoisotopic (exact) mass is 272 g/mol. The minimum Gasteiger partial charge on any atom is -0.389 e. The Labute approximate surface area is 111 Å². The number of thioether (sulfide) groups is 1. The molecule has 0 bridgehead atoms. The smallest absolute Gasteiger partial charge is 0.0944 e. The van der Waals surface area contributed by atoms with E-state index in [0.29, 0.717) is 5.75 Å². The molecule has 94 valence electrons. The molecule has 1 N–H and O–H groups in total. The van der Waals surface area contributed by atoms with Crippen molar-refractivity contribution in [3.63, 3.8) is 0 Å². The summed E-state index contributed by atoms with van der Waals surface area (Å²) >= 11 is 7.65. The number of methoxy groups -OCH3 is 1. The Kier molecular flexibility index (Phi) is 4.36. The average molecular weight is 273 g/mol. The van der Waals surface area contributed by atoms with Crippen molar-refractivity contribution in [2.75, 3.05) is 12.9 Å². The van der Waals surface area contributed by atoms with Crippen LogP contribution in [0.15, 0.2) is 29.2 Å². The molecule has 0 radical (unpaired) electrons. The summed E-state index contributed by atoms with van der Waals surface area (Å²) in [6.07, 6.45) is 2.62. The minimum absolute atomic E-state index is 0.311. The van der Waals surface area contributed by atoms with E-state index in [1.165, 1.54) is 0 Å². The highest BCUT2D eigenvalue weighted by Gasteiger charge is 2.43. The van der Waals surface area contributed by atoms with Crippen LogP contribution in [0.25, 0.3) is 0 Å². The van der Waals surface area contributed by atoms with E-state index >= 15 is 0 Å². The molecule has 0 heterocycles.